The number of nitrogens with one attached hydrogen (secondary N) is 3. The second-order valence-corrected chi connectivity index (χ2v) is 10.4. The first-order chi connectivity index (χ1) is 16.0. The van der Waals surface area contributed by atoms with Gasteiger partial charge in [-0.15, -0.1) is 0 Å². The second kappa shape index (κ2) is 8.20. The molecule has 1 amide bonds. The van der Waals surface area contributed by atoms with Crippen LogP contribution in [0.25, 0.3) is 0 Å². The van der Waals surface area contributed by atoms with Crippen molar-refractivity contribution in [3.8, 4) is 0 Å². The number of rotatable bonds is 6. The Kier molecular flexibility index (Phi) is 5.16. The normalized spacial score (nSPS) is 30.9. The number of aromatic nitrogens is 3. The average molecular weight is 452 g/mol. The summed E-state index contributed by atoms with van der Waals surface area (Å²) in [7, 11) is 2.16. The molecule has 4 saturated carbocycles. The summed E-state index contributed by atoms with van der Waals surface area (Å²) in [5.74, 6) is 2.98. The maximum Gasteiger partial charge on any atom is 0.407 e. The maximum atomic E-state index is 12.2. The third kappa shape index (κ3) is 4.26. The van der Waals surface area contributed by atoms with Crippen molar-refractivity contribution >= 4 is 23.4 Å². The molecule has 2 aromatic heterocycles. The van der Waals surface area contributed by atoms with Gasteiger partial charge in [0.2, 0.25) is 0 Å². The Balaban J connectivity index is 0.996. The van der Waals surface area contributed by atoms with Gasteiger partial charge in [-0.1, -0.05) is 0 Å². The number of anilines is 3. The lowest BCUT2D eigenvalue weighted by atomic mass is 9.50. The Morgan fingerprint density at radius 2 is 2.00 bits per heavy atom. The standard InChI is InChI=1S/C24H33N7O2/c1-30-6-8-31(9-7-30)22-5-3-18(15-25-22)26-21-11-20(28-29-21)17-2-4-19(10-17)33-23(32)27-24-12-16(13-24)14-24/h3,5,11,15-17,19H,2,4,6-10,12-14H2,1H3,(H,27,32)(H2,26,28,29). The van der Waals surface area contributed by atoms with Gasteiger partial charge in [-0.25, -0.2) is 9.78 Å². The topological polar surface area (TPSA) is 98.4 Å². The summed E-state index contributed by atoms with van der Waals surface area (Å²) in [6, 6.07) is 6.18. The van der Waals surface area contributed by atoms with Crippen LogP contribution in [0.2, 0.25) is 0 Å². The fourth-order valence-electron chi connectivity index (χ4n) is 5.80. The molecule has 7 rings (SSSR count). The van der Waals surface area contributed by atoms with Gasteiger partial charge in [-0.05, 0) is 63.6 Å². The van der Waals surface area contributed by atoms with Gasteiger partial charge in [0.25, 0.3) is 0 Å². The molecule has 9 heteroatoms. The number of aromatic amines is 1. The molecular weight excluding hydrogens is 418 g/mol. The van der Waals surface area contributed by atoms with Crippen molar-refractivity contribution in [3.05, 3.63) is 30.1 Å². The van der Waals surface area contributed by atoms with Crippen LogP contribution in [0.15, 0.2) is 24.4 Å². The molecule has 0 spiro atoms. The number of nitrogens with zero attached hydrogens (tertiary/aromatic N) is 4. The van der Waals surface area contributed by atoms with Crippen molar-refractivity contribution in [2.75, 3.05) is 43.4 Å². The first kappa shape index (κ1) is 20.8. The maximum absolute atomic E-state index is 12.2. The van der Waals surface area contributed by atoms with E-state index in [-0.39, 0.29) is 17.7 Å². The smallest absolute Gasteiger partial charge is 0.407 e. The molecule has 1 saturated heterocycles. The largest absolute Gasteiger partial charge is 0.446 e. The zero-order valence-corrected chi connectivity index (χ0v) is 19.2. The van der Waals surface area contributed by atoms with Gasteiger partial charge in [-0.3, -0.25) is 5.10 Å². The molecule has 3 N–H and O–H groups in total. The number of hydrogen-bond acceptors (Lipinski definition) is 7. The molecule has 9 nitrogen and oxygen atoms in total. The Morgan fingerprint density at radius 3 is 2.70 bits per heavy atom. The number of piperazine rings is 1. The molecule has 0 aromatic carbocycles. The average Bonchev–Trinajstić information content (AvgIpc) is 3.41. The van der Waals surface area contributed by atoms with Crippen LogP contribution >= 0.6 is 0 Å². The molecule has 176 valence electrons. The van der Waals surface area contributed by atoms with Crippen LogP contribution in [0.3, 0.4) is 0 Å². The highest BCUT2D eigenvalue weighted by Gasteiger charge is 2.57. The number of pyridine rings is 1. The molecule has 33 heavy (non-hydrogen) atoms. The van der Waals surface area contributed by atoms with Gasteiger partial charge in [0.05, 0.1) is 11.9 Å². The third-order valence-corrected chi connectivity index (χ3v) is 7.95. The molecule has 2 unspecified atom stereocenters. The molecule has 5 aliphatic rings. The van der Waals surface area contributed by atoms with Gasteiger partial charge in [0, 0.05) is 49.4 Å². The minimum absolute atomic E-state index is 0.0200. The Morgan fingerprint density at radius 1 is 1.18 bits per heavy atom. The van der Waals surface area contributed by atoms with Crippen LogP contribution in [0.1, 0.15) is 50.1 Å². The number of likely N-dealkylation sites (N-methyl/N-ethyl adjacent to an activating group) is 1. The van der Waals surface area contributed by atoms with Crippen LogP contribution in [0.4, 0.5) is 22.1 Å². The van der Waals surface area contributed by atoms with E-state index >= 15 is 0 Å². The number of ether oxygens (including phenoxy) is 1. The van der Waals surface area contributed by atoms with Crippen molar-refractivity contribution in [1.82, 2.24) is 25.4 Å². The molecule has 1 aliphatic heterocycles. The lowest BCUT2D eigenvalue weighted by molar-refractivity contribution is -0.0506. The summed E-state index contributed by atoms with van der Waals surface area (Å²) in [5.41, 5.74) is 2.08. The molecule has 4 aliphatic carbocycles. The zero-order valence-electron chi connectivity index (χ0n) is 19.2. The van der Waals surface area contributed by atoms with E-state index < -0.39 is 0 Å². The van der Waals surface area contributed by atoms with E-state index in [0.29, 0.717) is 5.92 Å². The van der Waals surface area contributed by atoms with Crippen LogP contribution in [0, 0.1) is 5.92 Å². The lowest BCUT2D eigenvalue weighted by Gasteiger charge is -2.61. The highest BCUT2D eigenvalue weighted by Crippen LogP contribution is 2.57. The summed E-state index contributed by atoms with van der Waals surface area (Å²) in [5, 5.41) is 14.0. The first-order valence-electron chi connectivity index (χ1n) is 12.2. The van der Waals surface area contributed by atoms with Gasteiger partial charge in [-0.2, -0.15) is 5.10 Å². The van der Waals surface area contributed by atoms with Crippen LogP contribution in [0.5, 0.6) is 0 Å². The van der Waals surface area contributed by atoms with Crippen LogP contribution in [-0.4, -0.2) is 71.0 Å². The summed E-state index contributed by atoms with van der Waals surface area (Å²) in [6.45, 7) is 4.15. The fourth-order valence-corrected chi connectivity index (χ4v) is 5.80. The number of carbonyl (C=O) groups is 1. The lowest BCUT2D eigenvalue weighted by Crippen LogP contribution is -2.68. The van der Waals surface area contributed by atoms with E-state index in [1.165, 1.54) is 0 Å². The SMILES string of the molecule is CN1CCN(c2ccc(Nc3cc(C4CCC(OC(=O)NC56CC(C5)C6)C4)[nH]n3)cn2)CC1. The number of amides is 1. The number of alkyl carbamates (subject to hydrolysis) is 1. The minimum Gasteiger partial charge on any atom is -0.446 e. The molecular formula is C24H33N7O2. The van der Waals surface area contributed by atoms with E-state index in [1.54, 1.807) is 0 Å². The number of H-pyrrole nitrogens is 1. The van der Waals surface area contributed by atoms with Gasteiger partial charge in [0.1, 0.15) is 11.9 Å². The summed E-state index contributed by atoms with van der Waals surface area (Å²) in [4.78, 5) is 21.5. The van der Waals surface area contributed by atoms with E-state index in [9.17, 15) is 4.79 Å². The monoisotopic (exact) mass is 451 g/mol. The van der Waals surface area contributed by atoms with Crippen molar-refractivity contribution in [1.29, 1.82) is 0 Å². The summed E-state index contributed by atoms with van der Waals surface area (Å²) >= 11 is 0. The van der Waals surface area contributed by atoms with E-state index in [2.05, 4.69) is 60.9 Å². The van der Waals surface area contributed by atoms with Gasteiger partial charge < -0.3 is 25.2 Å². The predicted molar refractivity (Wildman–Crippen MR) is 126 cm³/mol. The first-order valence-corrected chi connectivity index (χ1v) is 12.2. The fraction of sp³-hybridized carbons (Fsp3) is 0.625. The summed E-state index contributed by atoms with van der Waals surface area (Å²) < 4.78 is 5.71. The molecule has 3 heterocycles. The van der Waals surface area contributed by atoms with Gasteiger partial charge in [0.15, 0.2) is 5.82 Å². The zero-order chi connectivity index (χ0) is 22.4. The minimum atomic E-state index is -0.238. The number of hydrogen-bond donors (Lipinski definition) is 3. The Hall–Kier alpha value is -2.81. The molecule has 0 radical (unpaired) electrons. The van der Waals surface area contributed by atoms with Crippen molar-refractivity contribution in [2.45, 2.75) is 56.1 Å². The van der Waals surface area contributed by atoms with Crippen LogP contribution in [-0.2, 0) is 4.74 Å². The summed E-state index contributed by atoms with van der Waals surface area (Å²) in [6.07, 6.45) is 7.74. The quantitative estimate of drug-likeness (QED) is 0.620. The highest BCUT2D eigenvalue weighted by atomic mass is 16.6. The van der Waals surface area contributed by atoms with Gasteiger partial charge >= 0.3 is 6.09 Å². The molecule has 2 aromatic rings. The molecule has 2 atom stereocenters. The number of carbonyl (C=O) groups excluding carboxylic acids is 1. The predicted octanol–water partition coefficient (Wildman–Crippen LogP) is 3.21. The van der Waals surface area contributed by atoms with Crippen molar-refractivity contribution in [3.63, 3.8) is 0 Å². The van der Waals surface area contributed by atoms with Crippen LogP contribution < -0.4 is 15.5 Å². The third-order valence-electron chi connectivity index (χ3n) is 7.95. The Bertz CT molecular complexity index is 981. The Labute approximate surface area is 194 Å². The molecule has 2 bridgehead atoms. The van der Waals surface area contributed by atoms with Crippen molar-refractivity contribution < 1.29 is 9.53 Å². The highest BCUT2D eigenvalue weighted by molar-refractivity contribution is 5.69. The van der Waals surface area contributed by atoms with Crippen molar-refractivity contribution in [2.24, 2.45) is 5.92 Å². The van der Waals surface area contributed by atoms with E-state index in [1.807, 2.05) is 6.20 Å². The second-order valence-electron chi connectivity index (χ2n) is 10.4. The van der Waals surface area contributed by atoms with E-state index in [4.69, 9.17) is 4.74 Å². The van der Waals surface area contributed by atoms with E-state index in [0.717, 1.165) is 93.6 Å². The molecule has 5 fully saturated rings.